The minimum atomic E-state index is 0.0479. The highest BCUT2D eigenvalue weighted by atomic mass is 16.1. The van der Waals surface area contributed by atoms with Crippen molar-refractivity contribution < 1.29 is 4.79 Å². The molecule has 0 atom stereocenters. The molecule has 0 spiro atoms. The maximum Gasteiger partial charge on any atom is 0.224 e. The van der Waals surface area contributed by atoms with E-state index in [1.807, 2.05) is 32.0 Å². The zero-order valence-electron chi connectivity index (χ0n) is 9.55. The fourth-order valence-electron chi connectivity index (χ4n) is 1.39. The second kappa shape index (κ2) is 5.39. The zero-order chi connectivity index (χ0) is 11.3. The Morgan fingerprint density at radius 1 is 1.27 bits per heavy atom. The van der Waals surface area contributed by atoms with E-state index >= 15 is 0 Å². The van der Waals surface area contributed by atoms with Crippen LogP contribution in [-0.4, -0.2) is 12.5 Å². The highest BCUT2D eigenvalue weighted by molar-refractivity contribution is 5.92. The molecule has 3 heteroatoms. The standard InChI is InChI=1S/C12H18N2O/c1-4-12(15)14-11-8-6-7-10(9(11)3)13-5-2/h6-8,13H,4-5H2,1-3H3,(H,14,15). The van der Waals surface area contributed by atoms with Crippen LogP contribution in [0.25, 0.3) is 0 Å². The lowest BCUT2D eigenvalue weighted by Crippen LogP contribution is -2.11. The van der Waals surface area contributed by atoms with Crippen LogP contribution in [0.3, 0.4) is 0 Å². The molecule has 0 unspecified atom stereocenters. The summed E-state index contributed by atoms with van der Waals surface area (Å²) in [5, 5.41) is 6.14. The van der Waals surface area contributed by atoms with E-state index in [4.69, 9.17) is 0 Å². The molecule has 15 heavy (non-hydrogen) atoms. The Morgan fingerprint density at radius 2 is 1.93 bits per heavy atom. The molecule has 0 saturated heterocycles. The SMILES string of the molecule is CCNc1cccc(NC(=O)CC)c1C. The molecule has 0 aliphatic heterocycles. The molecule has 0 aliphatic rings. The highest BCUT2D eigenvalue weighted by Crippen LogP contribution is 2.23. The molecule has 2 N–H and O–H groups in total. The van der Waals surface area contributed by atoms with Crippen molar-refractivity contribution in [3.63, 3.8) is 0 Å². The third-order valence-electron chi connectivity index (χ3n) is 2.30. The number of anilines is 2. The van der Waals surface area contributed by atoms with Gasteiger partial charge in [-0.15, -0.1) is 0 Å². The zero-order valence-corrected chi connectivity index (χ0v) is 9.55. The van der Waals surface area contributed by atoms with Crippen LogP contribution in [0.1, 0.15) is 25.8 Å². The van der Waals surface area contributed by atoms with Gasteiger partial charge >= 0.3 is 0 Å². The number of amides is 1. The van der Waals surface area contributed by atoms with Gasteiger partial charge in [-0.05, 0) is 31.5 Å². The van der Waals surface area contributed by atoms with Gasteiger partial charge in [0.1, 0.15) is 0 Å². The van der Waals surface area contributed by atoms with Gasteiger partial charge in [0.25, 0.3) is 0 Å². The molecular weight excluding hydrogens is 188 g/mol. The van der Waals surface area contributed by atoms with Gasteiger partial charge in [0, 0.05) is 24.3 Å². The first kappa shape index (κ1) is 11.6. The van der Waals surface area contributed by atoms with E-state index < -0.39 is 0 Å². The van der Waals surface area contributed by atoms with Crippen molar-refractivity contribution >= 4 is 17.3 Å². The summed E-state index contributed by atoms with van der Waals surface area (Å²) in [6.07, 6.45) is 0.505. The van der Waals surface area contributed by atoms with Gasteiger partial charge in [-0.25, -0.2) is 0 Å². The van der Waals surface area contributed by atoms with Crippen molar-refractivity contribution in [1.29, 1.82) is 0 Å². The first-order chi connectivity index (χ1) is 7.19. The van der Waals surface area contributed by atoms with Gasteiger partial charge in [0.05, 0.1) is 0 Å². The number of rotatable bonds is 4. The van der Waals surface area contributed by atoms with Gasteiger partial charge in [0.15, 0.2) is 0 Å². The lowest BCUT2D eigenvalue weighted by atomic mass is 10.1. The lowest BCUT2D eigenvalue weighted by molar-refractivity contribution is -0.115. The molecule has 0 saturated carbocycles. The average molecular weight is 206 g/mol. The van der Waals surface area contributed by atoms with Crippen molar-refractivity contribution in [2.24, 2.45) is 0 Å². The summed E-state index contributed by atoms with van der Waals surface area (Å²) in [5.41, 5.74) is 3.05. The van der Waals surface area contributed by atoms with Gasteiger partial charge in [-0.2, -0.15) is 0 Å². The molecule has 1 rings (SSSR count). The number of carbonyl (C=O) groups is 1. The monoisotopic (exact) mass is 206 g/mol. The van der Waals surface area contributed by atoms with Gasteiger partial charge < -0.3 is 10.6 Å². The Labute approximate surface area is 90.9 Å². The molecule has 1 aromatic carbocycles. The number of carbonyl (C=O) groups excluding carboxylic acids is 1. The topological polar surface area (TPSA) is 41.1 Å². The summed E-state index contributed by atoms with van der Waals surface area (Å²) in [7, 11) is 0. The van der Waals surface area contributed by atoms with Crippen LogP contribution in [-0.2, 0) is 4.79 Å². The molecule has 1 aromatic rings. The van der Waals surface area contributed by atoms with Gasteiger partial charge in [0.2, 0.25) is 5.91 Å². The maximum atomic E-state index is 11.3. The van der Waals surface area contributed by atoms with Gasteiger partial charge in [-0.1, -0.05) is 13.0 Å². The summed E-state index contributed by atoms with van der Waals surface area (Å²) in [6, 6.07) is 5.88. The van der Waals surface area contributed by atoms with Crippen molar-refractivity contribution in [2.75, 3.05) is 17.2 Å². The summed E-state index contributed by atoms with van der Waals surface area (Å²) in [6.45, 7) is 6.78. The number of hydrogen-bond acceptors (Lipinski definition) is 2. The quantitative estimate of drug-likeness (QED) is 0.795. The van der Waals surface area contributed by atoms with Crippen LogP contribution >= 0.6 is 0 Å². The smallest absolute Gasteiger partial charge is 0.224 e. The third-order valence-corrected chi connectivity index (χ3v) is 2.30. The normalized spacial score (nSPS) is 9.80. The van der Waals surface area contributed by atoms with Crippen LogP contribution in [0.2, 0.25) is 0 Å². The first-order valence-electron chi connectivity index (χ1n) is 5.32. The van der Waals surface area contributed by atoms with E-state index in [0.717, 1.165) is 23.5 Å². The minimum absolute atomic E-state index is 0.0479. The van der Waals surface area contributed by atoms with Crippen LogP contribution in [0.15, 0.2) is 18.2 Å². The maximum absolute atomic E-state index is 11.3. The third kappa shape index (κ3) is 2.98. The Balaban J connectivity index is 2.88. The van der Waals surface area contributed by atoms with Crippen molar-refractivity contribution in [2.45, 2.75) is 27.2 Å². The predicted molar refractivity (Wildman–Crippen MR) is 64.3 cm³/mol. The van der Waals surface area contributed by atoms with Crippen LogP contribution in [0.4, 0.5) is 11.4 Å². The van der Waals surface area contributed by atoms with Crippen molar-refractivity contribution in [3.05, 3.63) is 23.8 Å². The predicted octanol–water partition coefficient (Wildman–Crippen LogP) is 2.78. The van der Waals surface area contributed by atoms with E-state index in [0.29, 0.717) is 6.42 Å². The molecule has 0 bridgehead atoms. The number of nitrogens with one attached hydrogen (secondary N) is 2. The molecule has 3 nitrogen and oxygen atoms in total. The molecule has 82 valence electrons. The van der Waals surface area contributed by atoms with Crippen LogP contribution in [0, 0.1) is 6.92 Å². The Bertz CT molecular complexity index is 347. The first-order valence-corrected chi connectivity index (χ1v) is 5.32. The second-order valence-electron chi connectivity index (χ2n) is 3.41. The molecule has 0 heterocycles. The van der Waals surface area contributed by atoms with E-state index in [-0.39, 0.29) is 5.91 Å². The fourth-order valence-corrected chi connectivity index (χ4v) is 1.39. The molecule has 1 amide bonds. The summed E-state index contributed by atoms with van der Waals surface area (Å²) >= 11 is 0. The molecule has 0 fully saturated rings. The van der Waals surface area contributed by atoms with Crippen molar-refractivity contribution in [3.8, 4) is 0 Å². The van der Waals surface area contributed by atoms with E-state index in [1.165, 1.54) is 0 Å². The number of benzene rings is 1. The summed E-state index contributed by atoms with van der Waals surface area (Å²) in [5.74, 6) is 0.0479. The average Bonchev–Trinajstić information content (AvgIpc) is 2.24. The number of hydrogen-bond donors (Lipinski definition) is 2. The van der Waals surface area contributed by atoms with Crippen molar-refractivity contribution in [1.82, 2.24) is 0 Å². The van der Waals surface area contributed by atoms with E-state index in [9.17, 15) is 4.79 Å². The Hall–Kier alpha value is -1.51. The molecule has 0 aliphatic carbocycles. The lowest BCUT2D eigenvalue weighted by Gasteiger charge is -2.12. The largest absolute Gasteiger partial charge is 0.385 e. The van der Waals surface area contributed by atoms with Crippen LogP contribution in [0.5, 0.6) is 0 Å². The van der Waals surface area contributed by atoms with E-state index in [2.05, 4.69) is 17.6 Å². The van der Waals surface area contributed by atoms with Crippen LogP contribution < -0.4 is 10.6 Å². The minimum Gasteiger partial charge on any atom is -0.385 e. The van der Waals surface area contributed by atoms with E-state index in [1.54, 1.807) is 0 Å². The molecular formula is C12H18N2O. The molecule has 0 aromatic heterocycles. The fraction of sp³-hybridized carbons (Fsp3) is 0.417. The summed E-state index contributed by atoms with van der Waals surface area (Å²) in [4.78, 5) is 11.3. The Morgan fingerprint density at radius 3 is 2.53 bits per heavy atom. The second-order valence-corrected chi connectivity index (χ2v) is 3.41. The summed E-state index contributed by atoms with van der Waals surface area (Å²) < 4.78 is 0. The Kier molecular flexibility index (Phi) is 4.16. The van der Waals surface area contributed by atoms with Gasteiger partial charge in [-0.3, -0.25) is 4.79 Å². The molecule has 0 radical (unpaired) electrons. The highest BCUT2D eigenvalue weighted by Gasteiger charge is 2.05.